The van der Waals surface area contributed by atoms with Crippen molar-refractivity contribution in [2.75, 3.05) is 26.2 Å². The molecule has 174 valence electrons. The largest absolute Gasteiger partial charge is 0.482 e. The monoisotopic (exact) mass is 452 g/mol. The first-order valence-electron chi connectivity index (χ1n) is 11.1. The molecule has 33 heavy (non-hydrogen) atoms. The highest BCUT2D eigenvalue weighted by Gasteiger charge is 2.47. The van der Waals surface area contributed by atoms with Crippen LogP contribution in [-0.4, -0.2) is 64.7 Å². The summed E-state index contributed by atoms with van der Waals surface area (Å²) in [6.07, 6.45) is 1.19. The SMILES string of the molecule is CC1(C2CCN(C(=O)c3cccc(OCC(=O)O)c3)CC2)CN(Cc2ccccc2)C(=O)O1. The molecule has 2 aliphatic heterocycles. The molecule has 1 unspecified atom stereocenters. The van der Waals surface area contributed by atoms with Gasteiger partial charge in [0.25, 0.3) is 5.91 Å². The van der Waals surface area contributed by atoms with Crippen LogP contribution in [0.4, 0.5) is 4.79 Å². The fourth-order valence-corrected chi connectivity index (χ4v) is 4.62. The Morgan fingerprint density at radius 3 is 2.55 bits per heavy atom. The van der Waals surface area contributed by atoms with Gasteiger partial charge in [-0.2, -0.15) is 0 Å². The molecule has 0 bridgehead atoms. The molecule has 4 rings (SSSR count). The van der Waals surface area contributed by atoms with Crippen LogP contribution in [0, 0.1) is 5.92 Å². The second-order valence-corrected chi connectivity index (χ2v) is 8.80. The lowest BCUT2D eigenvalue weighted by atomic mass is 9.81. The maximum Gasteiger partial charge on any atom is 0.410 e. The van der Waals surface area contributed by atoms with E-state index in [9.17, 15) is 14.4 Å². The number of likely N-dealkylation sites (tertiary alicyclic amines) is 1. The van der Waals surface area contributed by atoms with Gasteiger partial charge in [-0.25, -0.2) is 9.59 Å². The van der Waals surface area contributed by atoms with E-state index < -0.39 is 18.2 Å². The van der Waals surface area contributed by atoms with Gasteiger partial charge in [0.05, 0.1) is 6.54 Å². The van der Waals surface area contributed by atoms with Gasteiger partial charge in [-0.3, -0.25) is 9.69 Å². The Balaban J connectivity index is 1.34. The number of nitrogens with zero attached hydrogens (tertiary/aromatic N) is 2. The number of ether oxygens (including phenoxy) is 2. The van der Waals surface area contributed by atoms with Crippen molar-refractivity contribution < 1.29 is 29.0 Å². The molecular formula is C25H28N2O6. The van der Waals surface area contributed by atoms with Gasteiger partial charge < -0.3 is 19.5 Å². The van der Waals surface area contributed by atoms with Crippen molar-refractivity contribution >= 4 is 18.0 Å². The fraction of sp³-hybridized carbons (Fsp3) is 0.400. The first-order valence-corrected chi connectivity index (χ1v) is 11.1. The van der Waals surface area contributed by atoms with Crippen molar-refractivity contribution in [3.63, 3.8) is 0 Å². The average Bonchev–Trinajstić information content (AvgIpc) is 3.12. The lowest BCUT2D eigenvalue weighted by molar-refractivity contribution is -0.139. The number of cyclic esters (lactones) is 1. The molecule has 8 heteroatoms. The number of carbonyl (C=O) groups is 3. The van der Waals surface area contributed by atoms with Crippen molar-refractivity contribution in [1.29, 1.82) is 0 Å². The van der Waals surface area contributed by atoms with Crippen molar-refractivity contribution in [3.05, 3.63) is 65.7 Å². The Kier molecular flexibility index (Phi) is 6.53. The standard InChI is InChI=1S/C25H28N2O6/c1-25(17-27(24(31)33-25)15-18-6-3-2-4-7-18)20-10-12-26(13-11-20)23(30)19-8-5-9-21(14-19)32-16-22(28)29/h2-9,14,20H,10-13,15-17H2,1H3,(H,28,29). The van der Waals surface area contributed by atoms with Gasteiger partial charge in [0.15, 0.2) is 6.61 Å². The minimum Gasteiger partial charge on any atom is -0.482 e. The van der Waals surface area contributed by atoms with E-state index in [0.29, 0.717) is 37.5 Å². The van der Waals surface area contributed by atoms with E-state index in [2.05, 4.69) is 0 Å². The molecule has 2 fully saturated rings. The molecule has 0 radical (unpaired) electrons. The van der Waals surface area contributed by atoms with Crippen LogP contribution in [-0.2, 0) is 16.1 Å². The van der Waals surface area contributed by atoms with Crippen LogP contribution in [0.15, 0.2) is 54.6 Å². The molecule has 8 nitrogen and oxygen atoms in total. The number of carboxylic acids is 1. The molecule has 2 saturated heterocycles. The Bertz CT molecular complexity index is 1020. The quantitative estimate of drug-likeness (QED) is 0.692. The summed E-state index contributed by atoms with van der Waals surface area (Å²) in [7, 11) is 0. The normalized spacial score (nSPS) is 21.1. The summed E-state index contributed by atoms with van der Waals surface area (Å²) in [5.41, 5.74) is 0.948. The fourth-order valence-electron chi connectivity index (χ4n) is 4.62. The number of hydrogen-bond acceptors (Lipinski definition) is 5. The van der Waals surface area contributed by atoms with Crippen LogP contribution in [0.25, 0.3) is 0 Å². The van der Waals surface area contributed by atoms with Gasteiger partial charge in [-0.05, 0) is 43.5 Å². The minimum absolute atomic E-state index is 0.117. The maximum absolute atomic E-state index is 13.0. The first-order chi connectivity index (χ1) is 15.8. The Morgan fingerprint density at radius 1 is 1.12 bits per heavy atom. The van der Waals surface area contributed by atoms with Crippen LogP contribution in [0.5, 0.6) is 5.75 Å². The smallest absolute Gasteiger partial charge is 0.410 e. The second kappa shape index (κ2) is 9.52. The maximum atomic E-state index is 13.0. The number of carboxylic acid groups (broad SMARTS) is 1. The van der Waals surface area contributed by atoms with Crippen LogP contribution in [0.1, 0.15) is 35.7 Å². The number of aliphatic carboxylic acids is 1. The summed E-state index contributed by atoms with van der Waals surface area (Å²) in [6, 6.07) is 16.4. The van der Waals surface area contributed by atoms with E-state index in [4.69, 9.17) is 14.6 Å². The number of piperidine rings is 1. The highest BCUT2D eigenvalue weighted by atomic mass is 16.6. The number of hydrogen-bond donors (Lipinski definition) is 1. The third-order valence-corrected chi connectivity index (χ3v) is 6.39. The summed E-state index contributed by atoms with van der Waals surface area (Å²) in [5, 5.41) is 8.76. The number of carbonyl (C=O) groups excluding carboxylic acids is 2. The Morgan fingerprint density at radius 2 is 1.85 bits per heavy atom. The first kappa shape index (κ1) is 22.6. The molecule has 2 heterocycles. The van der Waals surface area contributed by atoms with Crippen LogP contribution < -0.4 is 4.74 Å². The van der Waals surface area contributed by atoms with Gasteiger partial charge in [-0.15, -0.1) is 0 Å². The highest BCUT2D eigenvalue weighted by Crippen LogP contribution is 2.37. The van der Waals surface area contributed by atoms with Gasteiger partial charge in [-0.1, -0.05) is 36.4 Å². The molecule has 0 saturated carbocycles. The molecular weight excluding hydrogens is 424 g/mol. The van der Waals surface area contributed by atoms with Gasteiger partial charge in [0.1, 0.15) is 11.4 Å². The summed E-state index contributed by atoms with van der Waals surface area (Å²) < 4.78 is 11.0. The van der Waals surface area contributed by atoms with E-state index in [1.807, 2.05) is 37.3 Å². The van der Waals surface area contributed by atoms with E-state index >= 15 is 0 Å². The molecule has 0 spiro atoms. The number of benzene rings is 2. The summed E-state index contributed by atoms with van der Waals surface area (Å²) in [4.78, 5) is 39.7. The minimum atomic E-state index is -1.07. The number of amides is 2. The predicted octanol–water partition coefficient (Wildman–Crippen LogP) is 3.41. The van der Waals surface area contributed by atoms with Crippen molar-refractivity contribution in [3.8, 4) is 5.75 Å². The van der Waals surface area contributed by atoms with Gasteiger partial charge in [0.2, 0.25) is 0 Å². The Labute approximate surface area is 192 Å². The molecule has 0 aromatic heterocycles. The van der Waals surface area contributed by atoms with E-state index in [0.717, 1.165) is 18.4 Å². The van der Waals surface area contributed by atoms with Crippen molar-refractivity contribution in [1.82, 2.24) is 9.80 Å². The Hall–Kier alpha value is -3.55. The zero-order valence-corrected chi connectivity index (χ0v) is 18.6. The second-order valence-electron chi connectivity index (χ2n) is 8.80. The van der Waals surface area contributed by atoms with Crippen LogP contribution >= 0.6 is 0 Å². The van der Waals surface area contributed by atoms with Crippen LogP contribution in [0.3, 0.4) is 0 Å². The van der Waals surface area contributed by atoms with Crippen molar-refractivity contribution in [2.45, 2.75) is 31.9 Å². The van der Waals surface area contributed by atoms with Gasteiger partial charge in [0, 0.05) is 31.1 Å². The van der Waals surface area contributed by atoms with E-state index in [1.54, 1.807) is 34.1 Å². The summed E-state index contributed by atoms with van der Waals surface area (Å²) in [6.45, 7) is 3.71. The molecule has 2 amide bonds. The van der Waals surface area contributed by atoms with E-state index in [1.165, 1.54) is 0 Å². The summed E-state index contributed by atoms with van der Waals surface area (Å²) in [5.74, 6) is -0.677. The zero-order chi connectivity index (χ0) is 23.4. The third-order valence-electron chi connectivity index (χ3n) is 6.39. The molecule has 1 N–H and O–H groups in total. The van der Waals surface area contributed by atoms with Gasteiger partial charge >= 0.3 is 12.1 Å². The lowest BCUT2D eigenvalue weighted by Crippen LogP contribution is -2.47. The lowest BCUT2D eigenvalue weighted by Gasteiger charge is -2.39. The topological polar surface area (TPSA) is 96.4 Å². The molecule has 0 aliphatic carbocycles. The molecule has 2 aliphatic rings. The third kappa shape index (κ3) is 5.27. The van der Waals surface area contributed by atoms with Crippen molar-refractivity contribution in [2.24, 2.45) is 5.92 Å². The molecule has 1 atom stereocenters. The van der Waals surface area contributed by atoms with E-state index in [-0.39, 0.29) is 17.9 Å². The van der Waals surface area contributed by atoms with Crippen LogP contribution in [0.2, 0.25) is 0 Å². The highest BCUT2D eigenvalue weighted by molar-refractivity contribution is 5.94. The average molecular weight is 453 g/mol. The summed E-state index contributed by atoms with van der Waals surface area (Å²) >= 11 is 0. The predicted molar refractivity (Wildman–Crippen MR) is 120 cm³/mol. The zero-order valence-electron chi connectivity index (χ0n) is 18.6. The molecule has 2 aromatic carbocycles. The molecule has 2 aromatic rings. The number of rotatable bonds is 7.